The number of rotatable bonds is 1. The number of hydrogen-bond donors (Lipinski definition) is 0. The second-order valence-corrected chi connectivity index (χ2v) is 2.07. The lowest BCUT2D eigenvalue weighted by Crippen LogP contribution is -1.71. The van der Waals surface area contributed by atoms with E-state index in [2.05, 4.69) is 24.5 Å². The summed E-state index contributed by atoms with van der Waals surface area (Å²) in [7, 11) is 0. The van der Waals surface area contributed by atoms with Crippen molar-refractivity contribution in [2.24, 2.45) is 0 Å². The van der Waals surface area contributed by atoms with Crippen LogP contribution < -0.4 is 0 Å². The van der Waals surface area contributed by atoms with Crippen molar-refractivity contribution < 1.29 is 0 Å². The van der Waals surface area contributed by atoms with E-state index in [0.29, 0.717) is 0 Å². The molecule has 10 heavy (non-hydrogen) atoms. The van der Waals surface area contributed by atoms with E-state index in [9.17, 15) is 0 Å². The van der Waals surface area contributed by atoms with Crippen LogP contribution in [-0.2, 0) is 0 Å². The van der Waals surface area contributed by atoms with Gasteiger partial charge in [0.25, 0.3) is 0 Å². The summed E-state index contributed by atoms with van der Waals surface area (Å²) in [6, 6.07) is 0. The summed E-state index contributed by atoms with van der Waals surface area (Å²) in [4.78, 5) is 0. The topological polar surface area (TPSA) is 0 Å². The van der Waals surface area contributed by atoms with Crippen LogP contribution in [-0.4, -0.2) is 0 Å². The molecule has 0 fully saturated rings. The molecule has 0 saturated carbocycles. The minimum absolute atomic E-state index is 1.05. The molecular formula is C10H10. The Morgan fingerprint density at radius 3 is 2.80 bits per heavy atom. The van der Waals surface area contributed by atoms with Gasteiger partial charge in [0.15, 0.2) is 0 Å². The van der Waals surface area contributed by atoms with Crippen molar-refractivity contribution in [3.63, 3.8) is 0 Å². The highest BCUT2D eigenvalue weighted by Crippen LogP contribution is 2.02. The van der Waals surface area contributed by atoms with E-state index in [-0.39, 0.29) is 0 Å². The summed E-state index contributed by atoms with van der Waals surface area (Å²) in [6.45, 7) is 2.13. The number of allylic oxidation sites excluding steroid dienone is 4. The van der Waals surface area contributed by atoms with Crippen molar-refractivity contribution in [2.45, 2.75) is 13.3 Å². The molecule has 0 aliphatic heterocycles. The summed E-state index contributed by atoms with van der Waals surface area (Å²) >= 11 is 0. The van der Waals surface area contributed by atoms with Crippen LogP contribution in [0.25, 0.3) is 0 Å². The van der Waals surface area contributed by atoms with Crippen LogP contribution in [0.3, 0.4) is 0 Å². The van der Waals surface area contributed by atoms with Gasteiger partial charge in [-0.15, -0.1) is 11.5 Å². The zero-order chi connectivity index (χ0) is 7.23. The molecule has 0 unspecified atom stereocenters. The average molecular weight is 130 g/mol. The summed E-state index contributed by atoms with van der Waals surface area (Å²) < 4.78 is 0. The molecule has 1 rings (SSSR count). The lowest BCUT2D eigenvalue weighted by molar-refractivity contribution is 1.15. The second kappa shape index (κ2) is 3.74. The Bertz CT molecular complexity index is 252. The van der Waals surface area contributed by atoms with Gasteiger partial charge in [-0.2, -0.15) is 0 Å². The Morgan fingerprint density at radius 1 is 1.20 bits per heavy atom. The second-order valence-electron chi connectivity index (χ2n) is 2.07. The Balaban J connectivity index is 2.95. The van der Waals surface area contributed by atoms with Crippen molar-refractivity contribution in [3.8, 4) is 0 Å². The molecule has 0 N–H and O–H groups in total. The lowest BCUT2D eigenvalue weighted by Gasteiger charge is -1.90. The Hall–Kier alpha value is -1.22. The maximum absolute atomic E-state index is 3.03. The van der Waals surface area contributed by atoms with Crippen LogP contribution in [0.4, 0.5) is 0 Å². The van der Waals surface area contributed by atoms with Gasteiger partial charge in [0.05, 0.1) is 0 Å². The van der Waals surface area contributed by atoms with Crippen molar-refractivity contribution in [3.05, 3.63) is 47.4 Å². The molecule has 0 heteroatoms. The molecular weight excluding hydrogens is 120 g/mol. The third-order valence-corrected chi connectivity index (χ3v) is 1.35. The molecule has 0 aromatic heterocycles. The fourth-order valence-corrected chi connectivity index (χ4v) is 0.730. The molecule has 0 spiro atoms. The largest absolute Gasteiger partial charge is 0.120 e. The minimum atomic E-state index is 1.05. The van der Waals surface area contributed by atoms with Gasteiger partial charge in [0.1, 0.15) is 0 Å². The molecule has 0 amide bonds. The predicted molar refractivity (Wildman–Crippen MR) is 43.7 cm³/mol. The van der Waals surface area contributed by atoms with Gasteiger partial charge < -0.3 is 0 Å². The van der Waals surface area contributed by atoms with Gasteiger partial charge in [-0.3, -0.25) is 0 Å². The van der Waals surface area contributed by atoms with Crippen LogP contribution in [0.1, 0.15) is 13.3 Å². The van der Waals surface area contributed by atoms with Gasteiger partial charge >= 0.3 is 0 Å². The first-order valence-electron chi connectivity index (χ1n) is 3.46. The van der Waals surface area contributed by atoms with E-state index in [1.165, 1.54) is 5.57 Å². The maximum atomic E-state index is 3.03. The first kappa shape index (κ1) is 6.89. The number of hydrogen-bond acceptors (Lipinski definition) is 0. The quantitative estimate of drug-likeness (QED) is 0.479. The third kappa shape index (κ3) is 1.95. The Morgan fingerprint density at radius 2 is 2.00 bits per heavy atom. The van der Waals surface area contributed by atoms with Crippen molar-refractivity contribution in [2.75, 3.05) is 0 Å². The van der Waals surface area contributed by atoms with Crippen molar-refractivity contribution in [1.29, 1.82) is 0 Å². The summed E-state index contributed by atoms with van der Waals surface area (Å²) in [6.07, 6.45) is 10.7. The normalized spacial score (nSPS) is 14.7. The third-order valence-electron chi connectivity index (χ3n) is 1.35. The SMILES string of the molecule is CCC1=CC=C=CC=C=C1. The molecule has 0 nitrogen and oxygen atoms in total. The van der Waals surface area contributed by atoms with Gasteiger partial charge in [-0.05, 0) is 36.3 Å². The Kier molecular flexibility index (Phi) is 2.58. The molecule has 0 radical (unpaired) electrons. The molecule has 0 bridgehead atoms. The summed E-state index contributed by atoms with van der Waals surface area (Å²) in [5, 5.41) is 0. The summed E-state index contributed by atoms with van der Waals surface area (Å²) in [5.74, 6) is 0. The zero-order valence-corrected chi connectivity index (χ0v) is 6.09. The monoisotopic (exact) mass is 130 g/mol. The highest BCUT2D eigenvalue weighted by atomic mass is 13.9. The standard InChI is InChI=1S/C10H10/c1-2-10-8-6-4-3-5-7-9-10/h3-4,7-9H,2H2,1H3. The minimum Gasteiger partial charge on any atom is -0.120 e. The van der Waals surface area contributed by atoms with Gasteiger partial charge in [0.2, 0.25) is 0 Å². The fraction of sp³-hybridized carbons (Fsp3) is 0.200. The van der Waals surface area contributed by atoms with E-state index in [1.54, 1.807) is 0 Å². The van der Waals surface area contributed by atoms with Crippen LogP contribution in [0.15, 0.2) is 47.4 Å². The molecule has 1 aliphatic rings. The van der Waals surface area contributed by atoms with Gasteiger partial charge in [-0.25, -0.2) is 0 Å². The average Bonchev–Trinajstić information content (AvgIpc) is 1.87. The molecule has 0 heterocycles. The highest BCUT2D eigenvalue weighted by Gasteiger charge is 1.82. The van der Waals surface area contributed by atoms with Gasteiger partial charge in [0, 0.05) is 0 Å². The molecule has 1 aliphatic carbocycles. The zero-order valence-electron chi connectivity index (χ0n) is 6.09. The molecule has 50 valence electrons. The molecule has 0 aromatic carbocycles. The van der Waals surface area contributed by atoms with E-state index < -0.39 is 0 Å². The van der Waals surface area contributed by atoms with E-state index >= 15 is 0 Å². The van der Waals surface area contributed by atoms with Crippen LogP contribution in [0.2, 0.25) is 0 Å². The molecule has 0 atom stereocenters. The lowest BCUT2D eigenvalue weighted by atomic mass is 10.2. The fourth-order valence-electron chi connectivity index (χ4n) is 0.730. The first-order valence-corrected chi connectivity index (χ1v) is 3.46. The highest BCUT2D eigenvalue weighted by molar-refractivity contribution is 5.26. The van der Waals surface area contributed by atoms with E-state index in [1.807, 2.05) is 24.3 Å². The Labute approximate surface area is 61.6 Å². The van der Waals surface area contributed by atoms with Crippen LogP contribution in [0.5, 0.6) is 0 Å². The molecule has 0 aromatic rings. The summed E-state index contributed by atoms with van der Waals surface area (Å²) in [5.41, 5.74) is 7.31. The predicted octanol–water partition coefficient (Wildman–Crippen LogP) is 2.76. The van der Waals surface area contributed by atoms with Gasteiger partial charge in [-0.1, -0.05) is 13.0 Å². The van der Waals surface area contributed by atoms with Crippen molar-refractivity contribution >= 4 is 0 Å². The molecule has 0 saturated heterocycles. The van der Waals surface area contributed by atoms with E-state index in [0.717, 1.165) is 6.42 Å². The maximum Gasteiger partial charge on any atom is -0.0122 e. The first-order chi connectivity index (χ1) is 4.93. The van der Waals surface area contributed by atoms with E-state index in [4.69, 9.17) is 0 Å². The van der Waals surface area contributed by atoms with Crippen LogP contribution in [0, 0.1) is 0 Å². The van der Waals surface area contributed by atoms with Crippen molar-refractivity contribution in [1.82, 2.24) is 0 Å². The van der Waals surface area contributed by atoms with Crippen LogP contribution >= 0.6 is 0 Å². The smallest absolute Gasteiger partial charge is 0.0122 e.